The Morgan fingerprint density at radius 1 is 1.03 bits per heavy atom. The number of hydrogen-bond donors (Lipinski definition) is 1. The molecule has 2 aromatic rings. The second-order valence-electron chi connectivity index (χ2n) is 8.76. The van der Waals surface area contributed by atoms with Crippen molar-refractivity contribution >= 4 is 22.7 Å². The van der Waals surface area contributed by atoms with E-state index >= 15 is 0 Å². The Bertz CT molecular complexity index is 830. The van der Waals surface area contributed by atoms with Crippen molar-refractivity contribution in [1.29, 1.82) is 0 Å². The first-order valence-corrected chi connectivity index (χ1v) is 11.9. The number of hydrogen-bond acceptors (Lipinski definition) is 3. The predicted molar refractivity (Wildman–Crippen MR) is 122 cm³/mol. The second kappa shape index (κ2) is 11.3. The highest BCUT2D eigenvalue weighted by atomic mass is 16.5. The molecule has 3 rings (SSSR count). The standard InChI is InChI=1S/C26H37NO3/c1-3-5-6-10-19-15-17-20(18-16-19)26(29)25-21-11-7-8-12-22(21)27-23(25)13-9-14-24(28)30-4-2/h7-8,11-12,19-20,27H,3-6,9-10,13-18H2,1-2H3. The lowest BCUT2D eigenvalue weighted by Crippen LogP contribution is -2.22. The summed E-state index contributed by atoms with van der Waals surface area (Å²) in [6, 6.07) is 8.08. The summed E-state index contributed by atoms with van der Waals surface area (Å²) in [5.41, 5.74) is 2.86. The highest BCUT2D eigenvalue weighted by molar-refractivity contribution is 6.10. The molecule has 1 N–H and O–H groups in total. The van der Waals surface area contributed by atoms with Crippen LogP contribution in [-0.2, 0) is 16.0 Å². The second-order valence-corrected chi connectivity index (χ2v) is 8.76. The fraction of sp³-hybridized carbons (Fsp3) is 0.615. The van der Waals surface area contributed by atoms with Gasteiger partial charge in [0.1, 0.15) is 0 Å². The Hall–Kier alpha value is -2.10. The van der Waals surface area contributed by atoms with Crippen molar-refractivity contribution in [1.82, 2.24) is 4.98 Å². The Kier molecular flexibility index (Phi) is 8.53. The third-order valence-corrected chi connectivity index (χ3v) is 6.58. The number of esters is 1. The summed E-state index contributed by atoms with van der Waals surface area (Å²) >= 11 is 0. The molecule has 1 heterocycles. The lowest BCUT2D eigenvalue weighted by molar-refractivity contribution is -0.143. The summed E-state index contributed by atoms with van der Waals surface area (Å²) in [6.45, 7) is 4.49. The minimum atomic E-state index is -0.164. The van der Waals surface area contributed by atoms with Gasteiger partial charge in [0.25, 0.3) is 0 Å². The molecule has 4 nitrogen and oxygen atoms in total. The molecule has 0 aliphatic heterocycles. The molecule has 4 heteroatoms. The zero-order chi connectivity index (χ0) is 21.3. The van der Waals surface area contributed by atoms with Gasteiger partial charge in [-0.3, -0.25) is 9.59 Å². The third kappa shape index (κ3) is 5.74. The van der Waals surface area contributed by atoms with Gasteiger partial charge in [0.2, 0.25) is 0 Å². The lowest BCUT2D eigenvalue weighted by atomic mass is 9.76. The normalized spacial score (nSPS) is 19.1. The van der Waals surface area contributed by atoms with Crippen LogP contribution in [0.1, 0.15) is 94.1 Å². The van der Waals surface area contributed by atoms with Crippen LogP contribution in [0, 0.1) is 11.8 Å². The van der Waals surface area contributed by atoms with Crippen molar-refractivity contribution in [2.24, 2.45) is 11.8 Å². The van der Waals surface area contributed by atoms with Crippen LogP contribution in [0.25, 0.3) is 10.9 Å². The van der Waals surface area contributed by atoms with E-state index in [9.17, 15) is 9.59 Å². The minimum Gasteiger partial charge on any atom is -0.466 e. The number of nitrogens with one attached hydrogen (secondary N) is 1. The average Bonchev–Trinajstić information content (AvgIpc) is 3.12. The molecule has 0 saturated heterocycles. The van der Waals surface area contributed by atoms with Crippen molar-refractivity contribution in [2.45, 2.75) is 84.5 Å². The highest BCUT2D eigenvalue weighted by Gasteiger charge is 2.29. The number of para-hydroxylation sites is 1. The fourth-order valence-corrected chi connectivity index (χ4v) is 4.91. The predicted octanol–water partition coefficient (Wildman–Crippen LogP) is 6.62. The molecule has 1 aromatic carbocycles. The van der Waals surface area contributed by atoms with Crippen LogP contribution in [0.4, 0.5) is 0 Å². The fourth-order valence-electron chi connectivity index (χ4n) is 4.91. The zero-order valence-electron chi connectivity index (χ0n) is 18.7. The van der Waals surface area contributed by atoms with Gasteiger partial charge >= 0.3 is 5.97 Å². The van der Waals surface area contributed by atoms with Gasteiger partial charge in [0.15, 0.2) is 5.78 Å². The van der Waals surface area contributed by atoms with Gasteiger partial charge in [-0.15, -0.1) is 0 Å². The molecule has 1 saturated carbocycles. The number of ether oxygens (including phenoxy) is 1. The summed E-state index contributed by atoms with van der Waals surface area (Å²) in [4.78, 5) is 28.7. The SMILES string of the molecule is CCCCCC1CCC(C(=O)c2c(CCCC(=O)OCC)[nH]c3ccccc23)CC1. The molecule has 164 valence electrons. The summed E-state index contributed by atoms with van der Waals surface area (Å²) in [7, 11) is 0. The van der Waals surface area contributed by atoms with Crippen molar-refractivity contribution in [3.05, 3.63) is 35.5 Å². The van der Waals surface area contributed by atoms with Crippen LogP contribution in [0.5, 0.6) is 0 Å². The quantitative estimate of drug-likeness (QED) is 0.257. The number of unbranched alkanes of at least 4 members (excludes halogenated alkanes) is 2. The average molecular weight is 412 g/mol. The number of aromatic amines is 1. The minimum absolute atomic E-state index is 0.135. The Balaban J connectivity index is 1.68. The summed E-state index contributed by atoms with van der Waals surface area (Å²) in [6.07, 6.45) is 11.4. The molecule has 0 unspecified atom stereocenters. The van der Waals surface area contributed by atoms with E-state index in [1.165, 1.54) is 38.5 Å². The Labute approximate surface area is 180 Å². The molecule has 0 amide bonds. The Morgan fingerprint density at radius 2 is 1.80 bits per heavy atom. The van der Waals surface area contributed by atoms with E-state index in [0.29, 0.717) is 31.7 Å². The van der Waals surface area contributed by atoms with Gasteiger partial charge in [-0.05, 0) is 57.4 Å². The smallest absolute Gasteiger partial charge is 0.305 e. The summed E-state index contributed by atoms with van der Waals surface area (Å²) < 4.78 is 5.04. The largest absolute Gasteiger partial charge is 0.466 e. The van der Waals surface area contributed by atoms with E-state index in [2.05, 4.69) is 11.9 Å². The van der Waals surface area contributed by atoms with Crippen molar-refractivity contribution in [2.75, 3.05) is 6.61 Å². The van der Waals surface area contributed by atoms with Gasteiger partial charge in [0.05, 0.1) is 6.61 Å². The molecule has 1 aromatic heterocycles. The van der Waals surface area contributed by atoms with Gasteiger partial charge < -0.3 is 9.72 Å². The van der Waals surface area contributed by atoms with E-state index < -0.39 is 0 Å². The maximum absolute atomic E-state index is 13.6. The molecule has 0 atom stereocenters. The first-order valence-electron chi connectivity index (χ1n) is 11.9. The van der Waals surface area contributed by atoms with Crippen LogP contribution < -0.4 is 0 Å². The van der Waals surface area contributed by atoms with Crippen LogP contribution in [0.3, 0.4) is 0 Å². The number of carbonyl (C=O) groups is 2. The molecule has 1 aliphatic rings. The van der Waals surface area contributed by atoms with E-state index in [0.717, 1.165) is 40.9 Å². The number of fused-ring (bicyclic) bond motifs is 1. The Morgan fingerprint density at radius 3 is 2.53 bits per heavy atom. The van der Waals surface area contributed by atoms with Crippen molar-refractivity contribution in [3.63, 3.8) is 0 Å². The first-order chi connectivity index (χ1) is 14.6. The van der Waals surface area contributed by atoms with E-state index in [1.54, 1.807) is 0 Å². The van der Waals surface area contributed by atoms with Gasteiger partial charge in [-0.1, -0.05) is 50.8 Å². The van der Waals surface area contributed by atoms with Crippen molar-refractivity contribution in [3.8, 4) is 0 Å². The molecule has 1 aliphatic carbocycles. The summed E-state index contributed by atoms with van der Waals surface area (Å²) in [5, 5.41) is 1.03. The van der Waals surface area contributed by atoms with E-state index in [4.69, 9.17) is 4.74 Å². The van der Waals surface area contributed by atoms with Crippen LogP contribution in [0.15, 0.2) is 24.3 Å². The number of benzene rings is 1. The number of carbonyl (C=O) groups excluding carboxylic acids is 2. The topological polar surface area (TPSA) is 59.2 Å². The lowest BCUT2D eigenvalue weighted by Gasteiger charge is -2.28. The van der Waals surface area contributed by atoms with Crippen molar-refractivity contribution < 1.29 is 14.3 Å². The maximum Gasteiger partial charge on any atom is 0.305 e. The van der Waals surface area contributed by atoms with Gasteiger partial charge in [-0.25, -0.2) is 0 Å². The number of H-pyrrole nitrogens is 1. The zero-order valence-corrected chi connectivity index (χ0v) is 18.7. The highest BCUT2D eigenvalue weighted by Crippen LogP contribution is 2.36. The number of aromatic nitrogens is 1. The van der Waals surface area contributed by atoms with Crippen LogP contribution >= 0.6 is 0 Å². The van der Waals surface area contributed by atoms with E-state index in [1.807, 2.05) is 31.2 Å². The molecule has 0 spiro atoms. The number of aryl methyl sites for hydroxylation is 1. The third-order valence-electron chi connectivity index (χ3n) is 6.58. The number of Topliss-reactive ketones (excluding diaryl/α,β-unsaturated/α-hetero) is 1. The molecule has 1 fully saturated rings. The molecule has 30 heavy (non-hydrogen) atoms. The molecule has 0 bridgehead atoms. The first kappa shape index (κ1) is 22.6. The maximum atomic E-state index is 13.6. The van der Waals surface area contributed by atoms with Crippen LogP contribution in [-0.4, -0.2) is 23.3 Å². The number of ketones is 1. The van der Waals surface area contributed by atoms with Gasteiger partial charge in [0, 0.05) is 34.5 Å². The van der Waals surface area contributed by atoms with Crippen LogP contribution in [0.2, 0.25) is 0 Å². The molecule has 0 radical (unpaired) electrons. The van der Waals surface area contributed by atoms with E-state index in [-0.39, 0.29) is 11.9 Å². The summed E-state index contributed by atoms with van der Waals surface area (Å²) in [5.74, 6) is 1.07. The van der Waals surface area contributed by atoms with Gasteiger partial charge in [-0.2, -0.15) is 0 Å². The monoisotopic (exact) mass is 411 g/mol. The molecular formula is C26H37NO3. The molecular weight excluding hydrogens is 374 g/mol. The number of rotatable bonds is 11.